The van der Waals surface area contributed by atoms with Crippen LogP contribution in [-0.4, -0.2) is 28.1 Å². The summed E-state index contributed by atoms with van der Waals surface area (Å²) < 4.78 is 0. The molecule has 1 atom stereocenters. The molecule has 0 bridgehead atoms. The van der Waals surface area contributed by atoms with Crippen LogP contribution in [-0.2, 0) is 9.59 Å². The van der Waals surface area contributed by atoms with E-state index in [2.05, 4.69) is 5.32 Å². The Hall–Kier alpha value is -2.08. The molecule has 1 rings (SSSR count). The van der Waals surface area contributed by atoms with Crippen LogP contribution >= 0.6 is 0 Å². The van der Waals surface area contributed by atoms with Gasteiger partial charge in [-0.1, -0.05) is 0 Å². The minimum absolute atomic E-state index is 0.0826. The zero-order chi connectivity index (χ0) is 12.8. The second-order valence-electron chi connectivity index (χ2n) is 3.58. The Balaban J connectivity index is 2.48. The van der Waals surface area contributed by atoms with Gasteiger partial charge in [-0.15, -0.1) is 0 Å². The number of nitrogens with two attached hydrogens (primary N) is 1. The minimum atomic E-state index is -0.988. The highest BCUT2D eigenvalue weighted by atomic mass is 16.4. The monoisotopic (exact) mass is 238 g/mol. The molecule has 17 heavy (non-hydrogen) atoms. The van der Waals surface area contributed by atoms with Crippen LogP contribution in [0.3, 0.4) is 0 Å². The van der Waals surface area contributed by atoms with Crippen molar-refractivity contribution in [3.05, 3.63) is 24.3 Å². The number of carbonyl (C=O) groups excluding carboxylic acids is 1. The first-order chi connectivity index (χ1) is 7.99. The van der Waals surface area contributed by atoms with E-state index in [1.807, 2.05) is 0 Å². The number of benzene rings is 1. The molecule has 0 saturated carbocycles. The molecule has 0 spiro atoms. The molecule has 92 valence electrons. The predicted molar refractivity (Wildman–Crippen MR) is 61.6 cm³/mol. The van der Waals surface area contributed by atoms with Crippen molar-refractivity contribution in [2.24, 2.45) is 5.73 Å². The molecular formula is C11H14N2O4. The standard InChI is InChI=1S/C11H14N2O4/c12-9(5-6-10(15)16)11(17)13-7-1-3-8(14)4-2-7/h1-4,9,14H,5-6,12H2,(H,13,17)(H,15,16)/t9-/m0/s1. The Bertz CT molecular complexity index is 402. The van der Waals surface area contributed by atoms with Crippen LogP contribution in [0.4, 0.5) is 5.69 Å². The molecule has 0 aliphatic heterocycles. The van der Waals surface area contributed by atoms with E-state index < -0.39 is 17.9 Å². The van der Waals surface area contributed by atoms with E-state index in [1.54, 1.807) is 0 Å². The lowest BCUT2D eigenvalue weighted by molar-refractivity contribution is -0.137. The minimum Gasteiger partial charge on any atom is -0.508 e. The molecule has 0 unspecified atom stereocenters. The van der Waals surface area contributed by atoms with Gasteiger partial charge in [-0.3, -0.25) is 9.59 Å². The van der Waals surface area contributed by atoms with E-state index >= 15 is 0 Å². The third kappa shape index (κ3) is 4.52. The lowest BCUT2D eigenvalue weighted by Gasteiger charge is -2.11. The molecule has 1 aromatic carbocycles. The lowest BCUT2D eigenvalue weighted by Crippen LogP contribution is -2.36. The van der Waals surface area contributed by atoms with E-state index in [0.29, 0.717) is 5.69 Å². The van der Waals surface area contributed by atoms with Crippen LogP contribution in [0, 0.1) is 0 Å². The summed E-state index contributed by atoms with van der Waals surface area (Å²) >= 11 is 0. The van der Waals surface area contributed by atoms with Crippen molar-refractivity contribution in [1.29, 1.82) is 0 Å². The van der Waals surface area contributed by atoms with Gasteiger partial charge in [0, 0.05) is 12.1 Å². The number of carboxylic acids is 1. The van der Waals surface area contributed by atoms with Gasteiger partial charge in [-0.05, 0) is 30.7 Å². The molecule has 0 aliphatic rings. The summed E-state index contributed by atoms with van der Waals surface area (Å²) in [6.45, 7) is 0. The number of aliphatic carboxylic acids is 1. The van der Waals surface area contributed by atoms with E-state index in [9.17, 15) is 9.59 Å². The van der Waals surface area contributed by atoms with Crippen LogP contribution in [0.2, 0.25) is 0 Å². The van der Waals surface area contributed by atoms with Gasteiger partial charge in [0.05, 0.1) is 6.04 Å². The number of anilines is 1. The Morgan fingerprint density at radius 3 is 2.41 bits per heavy atom. The molecule has 0 heterocycles. The number of aromatic hydroxyl groups is 1. The number of nitrogens with one attached hydrogen (secondary N) is 1. The Morgan fingerprint density at radius 1 is 1.29 bits per heavy atom. The van der Waals surface area contributed by atoms with Crippen molar-refractivity contribution in [3.63, 3.8) is 0 Å². The highest BCUT2D eigenvalue weighted by Gasteiger charge is 2.14. The molecule has 6 nitrogen and oxygen atoms in total. The number of phenolic OH excluding ortho intramolecular Hbond substituents is 1. The number of hydrogen-bond donors (Lipinski definition) is 4. The van der Waals surface area contributed by atoms with Gasteiger partial charge in [0.15, 0.2) is 0 Å². The molecule has 0 radical (unpaired) electrons. The fraction of sp³-hybridized carbons (Fsp3) is 0.273. The second kappa shape index (κ2) is 5.86. The Labute approximate surface area is 98.1 Å². The molecule has 5 N–H and O–H groups in total. The summed E-state index contributed by atoms with van der Waals surface area (Å²) in [5, 5.41) is 20.0. The van der Waals surface area contributed by atoms with Gasteiger partial charge in [0.1, 0.15) is 5.75 Å². The van der Waals surface area contributed by atoms with Gasteiger partial charge in [0.25, 0.3) is 0 Å². The van der Waals surface area contributed by atoms with E-state index in [4.69, 9.17) is 15.9 Å². The molecule has 1 aromatic rings. The maximum absolute atomic E-state index is 11.5. The van der Waals surface area contributed by atoms with Crippen molar-refractivity contribution in [3.8, 4) is 5.75 Å². The first-order valence-corrected chi connectivity index (χ1v) is 5.06. The Kier molecular flexibility index (Phi) is 4.47. The third-order valence-electron chi connectivity index (χ3n) is 2.14. The van der Waals surface area contributed by atoms with E-state index in [0.717, 1.165) is 0 Å². The van der Waals surface area contributed by atoms with Gasteiger partial charge < -0.3 is 21.3 Å². The highest BCUT2D eigenvalue weighted by Crippen LogP contribution is 2.14. The largest absolute Gasteiger partial charge is 0.508 e. The maximum Gasteiger partial charge on any atom is 0.303 e. The highest BCUT2D eigenvalue weighted by molar-refractivity contribution is 5.94. The number of hydrogen-bond acceptors (Lipinski definition) is 4. The van der Waals surface area contributed by atoms with Gasteiger partial charge in [-0.25, -0.2) is 0 Å². The van der Waals surface area contributed by atoms with Gasteiger partial charge >= 0.3 is 5.97 Å². The van der Waals surface area contributed by atoms with Crippen molar-refractivity contribution in [1.82, 2.24) is 0 Å². The topological polar surface area (TPSA) is 113 Å². The van der Waals surface area contributed by atoms with Crippen LogP contribution in [0.5, 0.6) is 5.75 Å². The second-order valence-corrected chi connectivity index (χ2v) is 3.58. The quantitative estimate of drug-likeness (QED) is 0.559. The van der Waals surface area contributed by atoms with Gasteiger partial charge in [-0.2, -0.15) is 0 Å². The molecule has 1 amide bonds. The van der Waals surface area contributed by atoms with Crippen molar-refractivity contribution in [2.75, 3.05) is 5.32 Å². The average molecular weight is 238 g/mol. The zero-order valence-electron chi connectivity index (χ0n) is 9.09. The molecule has 0 aliphatic carbocycles. The first kappa shape index (κ1) is 13.0. The average Bonchev–Trinajstić information content (AvgIpc) is 2.28. The molecule has 0 aromatic heterocycles. The molecule has 0 saturated heterocycles. The van der Waals surface area contributed by atoms with E-state index in [1.165, 1.54) is 24.3 Å². The maximum atomic E-state index is 11.5. The van der Waals surface area contributed by atoms with Gasteiger partial charge in [0.2, 0.25) is 5.91 Å². The van der Waals surface area contributed by atoms with Crippen molar-refractivity contribution in [2.45, 2.75) is 18.9 Å². The number of phenols is 1. The number of amides is 1. The third-order valence-corrected chi connectivity index (χ3v) is 2.14. The molecular weight excluding hydrogens is 224 g/mol. The number of carboxylic acid groups (broad SMARTS) is 1. The number of rotatable bonds is 5. The summed E-state index contributed by atoms with van der Waals surface area (Å²) in [5.74, 6) is -1.34. The Morgan fingerprint density at radius 2 is 1.88 bits per heavy atom. The summed E-state index contributed by atoms with van der Waals surface area (Å²) in [6.07, 6.45) is -0.0661. The normalized spacial score (nSPS) is 11.8. The zero-order valence-corrected chi connectivity index (χ0v) is 9.09. The van der Waals surface area contributed by atoms with E-state index in [-0.39, 0.29) is 18.6 Å². The fourth-order valence-electron chi connectivity index (χ4n) is 1.19. The first-order valence-electron chi connectivity index (χ1n) is 5.06. The number of carbonyl (C=O) groups is 2. The SMILES string of the molecule is N[C@@H](CCC(=O)O)C(=O)Nc1ccc(O)cc1. The van der Waals surface area contributed by atoms with Crippen molar-refractivity contribution < 1.29 is 19.8 Å². The molecule has 6 heteroatoms. The fourth-order valence-corrected chi connectivity index (χ4v) is 1.19. The molecule has 0 fully saturated rings. The van der Waals surface area contributed by atoms with Crippen LogP contribution < -0.4 is 11.1 Å². The predicted octanol–water partition coefficient (Wildman–Crippen LogP) is 0.523. The summed E-state index contributed by atoms with van der Waals surface area (Å²) in [7, 11) is 0. The van der Waals surface area contributed by atoms with Crippen LogP contribution in [0.1, 0.15) is 12.8 Å². The summed E-state index contributed by atoms with van der Waals surface area (Å²) in [4.78, 5) is 21.8. The smallest absolute Gasteiger partial charge is 0.303 e. The summed E-state index contributed by atoms with van der Waals surface area (Å²) in [5.41, 5.74) is 6.02. The summed E-state index contributed by atoms with van der Waals surface area (Å²) in [6, 6.07) is 5.05. The lowest BCUT2D eigenvalue weighted by atomic mass is 10.1. The van der Waals surface area contributed by atoms with Crippen molar-refractivity contribution >= 4 is 17.6 Å². The van der Waals surface area contributed by atoms with Crippen LogP contribution in [0.25, 0.3) is 0 Å². The van der Waals surface area contributed by atoms with Crippen LogP contribution in [0.15, 0.2) is 24.3 Å².